The van der Waals surface area contributed by atoms with Gasteiger partial charge in [-0.3, -0.25) is 19.7 Å². The zero-order valence-electron chi connectivity index (χ0n) is 16.8. The number of nitrogens with one attached hydrogen (secondary N) is 1. The number of nitrogens with zero attached hydrogens (tertiary/aromatic N) is 2. The van der Waals surface area contributed by atoms with Gasteiger partial charge in [-0.05, 0) is 30.5 Å². The topological polar surface area (TPSA) is 111 Å². The average Bonchev–Trinajstić information content (AvgIpc) is 3.29. The van der Waals surface area contributed by atoms with Gasteiger partial charge < -0.3 is 19.7 Å². The fourth-order valence-corrected chi connectivity index (χ4v) is 3.36. The van der Waals surface area contributed by atoms with E-state index in [4.69, 9.17) is 9.47 Å². The Morgan fingerprint density at radius 3 is 2.23 bits per heavy atom. The maximum absolute atomic E-state index is 12.7. The maximum atomic E-state index is 12.7. The molecule has 0 unspecified atom stereocenters. The van der Waals surface area contributed by atoms with Crippen molar-refractivity contribution in [2.24, 2.45) is 0 Å². The Balaban J connectivity index is 1.74. The molecule has 9 heteroatoms. The van der Waals surface area contributed by atoms with Crippen LogP contribution in [0.15, 0.2) is 36.4 Å². The minimum atomic E-state index is -0.649. The number of hydrogen-bond acceptors (Lipinski definition) is 6. The standard InChI is InChI=1S/C21H23N3O6/c1-29-18-12-16(17(24(27)28)13-19(18)30-2)21(26)22-15-7-5-14(6-8-15)11-20(25)23-9-3-4-10-23/h5-8,12-13H,3-4,9-11H2,1-2H3,(H,22,26). The molecule has 0 atom stereocenters. The van der Waals surface area contributed by atoms with Crippen molar-refractivity contribution in [3.8, 4) is 11.5 Å². The largest absolute Gasteiger partial charge is 0.493 e. The predicted molar refractivity (Wildman–Crippen MR) is 110 cm³/mol. The lowest BCUT2D eigenvalue weighted by Crippen LogP contribution is -2.29. The normalized spacial score (nSPS) is 13.1. The molecule has 1 aliphatic rings. The van der Waals surface area contributed by atoms with Crippen molar-refractivity contribution >= 4 is 23.2 Å². The Kier molecular flexibility index (Phi) is 6.51. The minimum absolute atomic E-state index is 0.0882. The first-order chi connectivity index (χ1) is 14.4. The average molecular weight is 413 g/mol. The number of nitro benzene ring substituents is 1. The van der Waals surface area contributed by atoms with Crippen molar-refractivity contribution in [3.63, 3.8) is 0 Å². The smallest absolute Gasteiger partial charge is 0.286 e. The number of methoxy groups -OCH3 is 2. The first-order valence-corrected chi connectivity index (χ1v) is 9.51. The maximum Gasteiger partial charge on any atom is 0.286 e. The van der Waals surface area contributed by atoms with E-state index in [-0.39, 0.29) is 23.0 Å². The second-order valence-corrected chi connectivity index (χ2v) is 6.90. The zero-order chi connectivity index (χ0) is 21.7. The summed E-state index contributed by atoms with van der Waals surface area (Å²) < 4.78 is 10.2. The Bertz CT molecular complexity index is 952. The summed E-state index contributed by atoms with van der Waals surface area (Å²) in [6, 6.07) is 9.27. The van der Waals surface area contributed by atoms with Gasteiger partial charge >= 0.3 is 0 Å². The summed E-state index contributed by atoms with van der Waals surface area (Å²) in [5, 5.41) is 14.0. The second kappa shape index (κ2) is 9.25. The lowest BCUT2D eigenvalue weighted by molar-refractivity contribution is -0.385. The van der Waals surface area contributed by atoms with Gasteiger partial charge in [-0.15, -0.1) is 0 Å². The van der Waals surface area contributed by atoms with Crippen LogP contribution in [-0.4, -0.2) is 48.9 Å². The number of amides is 2. The SMILES string of the molecule is COc1cc(C(=O)Nc2ccc(CC(=O)N3CCCC3)cc2)c([N+](=O)[O-])cc1OC. The molecule has 1 fully saturated rings. The van der Waals surface area contributed by atoms with Crippen LogP contribution in [0.25, 0.3) is 0 Å². The molecule has 2 amide bonds. The zero-order valence-corrected chi connectivity index (χ0v) is 16.8. The number of anilines is 1. The first kappa shape index (κ1) is 21.1. The highest BCUT2D eigenvalue weighted by Crippen LogP contribution is 2.34. The van der Waals surface area contributed by atoms with Gasteiger partial charge in [0.1, 0.15) is 5.56 Å². The Morgan fingerprint density at radius 2 is 1.67 bits per heavy atom. The number of carbonyl (C=O) groups excluding carboxylic acids is 2. The van der Waals surface area contributed by atoms with Crippen molar-refractivity contribution in [3.05, 3.63) is 57.6 Å². The van der Waals surface area contributed by atoms with Gasteiger partial charge in [0.2, 0.25) is 5.91 Å². The molecule has 0 saturated carbocycles. The molecule has 158 valence electrons. The number of carbonyl (C=O) groups is 2. The number of likely N-dealkylation sites (tertiary alicyclic amines) is 1. The fraction of sp³-hybridized carbons (Fsp3) is 0.333. The molecule has 1 aliphatic heterocycles. The molecule has 1 N–H and O–H groups in total. The molecule has 9 nitrogen and oxygen atoms in total. The second-order valence-electron chi connectivity index (χ2n) is 6.90. The number of benzene rings is 2. The Labute approximate surface area is 173 Å². The molecule has 1 saturated heterocycles. The van der Waals surface area contributed by atoms with E-state index in [2.05, 4.69) is 5.32 Å². The van der Waals surface area contributed by atoms with Crippen LogP contribution in [0.1, 0.15) is 28.8 Å². The fourth-order valence-electron chi connectivity index (χ4n) is 3.36. The van der Waals surface area contributed by atoms with Crippen molar-refractivity contribution in [2.45, 2.75) is 19.3 Å². The van der Waals surface area contributed by atoms with E-state index in [0.717, 1.165) is 37.6 Å². The van der Waals surface area contributed by atoms with Crippen molar-refractivity contribution in [1.29, 1.82) is 0 Å². The van der Waals surface area contributed by atoms with Crippen LogP contribution >= 0.6 is 0 Å². The van der Waals surface area contributed by atoms with Gasteiger partial charge in [0.15, 0.2) is 11.5 Å². The summed E-state index contributed by atoms with van der Waals surface area (Å²) in [6.45, 7) is 1.61. The van der Waals surface area contributed by atoms with Crippen LogP contribution in [-0.2, 0) is 11.2 Å². The number of nitro groups is 1. The van der Waals surface area contributed by atoms with Crippen LogP contribution in [0.4, 0.5) is 11.4 Å². The van der Waals surface area contributed by atoms with Gasteiger partial charge in [-0.25, -0.2) is 0 Å². The third kappa shape index (κ3) is 4.68. The van der Waals surface area contributed by atoms with E-state index in [0.29, 0.717) is 12.1 Å². The predicted octanol–water partition coefficient (Wildman–Crippen LogP) is 3.03. The van der Waals surface area contributed by atoms with E-state index < -0.39 is 16.5 Å². The summed E-state index contributed by atoms with van der Waals surface area (Å²) in [4.78, 5) is 37.5. The third-order valence-corrected chi connectivity index (χ3v) is 4.97. The number of rotatable bonds is 7. The van der Waals surface area contributed by atoms with Crippen LogP contribution < -0.4 is 14.8 Å². The van der Waals surface area contributed by atoms with Crippen LogP contribution in [0.2, 0.25) is 0 Å². The molecule has 0 bridgehead atoms. The van der Waals surface area contributed by atoms with E-state index in [1.165, 1.54) is 20.3 Å². The molecule has 0 spiro atoms. The molecule has 2 aromatic carbocycles. The van der Waals surface area contributed by atoms with Gasteiger partial charge in [-0.1, -0.05) is 12.1 Å². The van der Waals surface area contributed by atoms with E-state index in [1.54, 1.807) is 24.3 Å². The van der Waals surface area contributed by atoms with Crippen LogP contribution in [0.5, 0.6) is 11.5 Å². The summed E-state index contributed by atoms with van der Waals surface area (Å²) in [5.74, 6) is -0.189. The highest BCUT2D eigenvalue weighted by Gasteiger charge is 2.25. The quantitative estimate of drug-likeness (QED) is 0.552. The number of ether oxygens (including phenoxy) is 2. The molecule has 0 radical (unpaired) electrons. The van der Waals surface area contributed by atoms with Gasteiger partial charge in [0.25, 0.3) is 11.6 Å². The molecule has 2 aromatic rings. The first-order valence-electron chi connectivity index (χ1n) is 9.51. The number of hydrogen-bond donors (Lipinski definition) is 1. The Morgan fingerprint density at radius 1 is 1.07 bits per heavy atom. The minimum Gasteiger partial charge on any atom is -0.493 e. The summed E-state index contributed by atoms with van der Waals surface area (Å²) in [5.41, 5.74) is 0.757. The van der Waals surface area contributed by atoms with Crippen molar-refractivity contribution in [1.82, 2.24) is 4.90 Å². The van der Waals surface area contributed by atoms with Crippen LogP contribution in [0.3, 0.4) is 0 Å². The van der Waals surface area contributed by atoms with Gasteiger partial charge in [0.05, 0.1) is 31.6 Å². The highest BCUT2D eigenvalue weighted by atomic mass is 16.6. The molecule has 0 aliphatic carbocycles. The summed E-state index contributed by atoms with van der Waals surface area (Å²) in [6.07, 6.45) is 2.38. The Hall–Kier alpha value is -3.62. The van der Waals surface area contributed by atoms with E-state index >= 15 is 0 Å². The lowest BCUT2D eigenvalue weighted by atomic mass is 10.1. The van der Waals surface area contributed by atoms with Crippen molar-refractivity contribution < 1.29 is 24.0 Å². The summed E-state index contributed by atoms with van der Waals surface area (Å²) in [7, 11) is 2.74. The van der Waals surface area contributed by atoms with Gasteiger partial charge in [-0.2, -0.15) is 0 Å². The molecular weight excluding hydrogens is 390 g/mol. The highest BCUT2D eigenvalue weighted by molar-refractivity contribution is 6.07. The molecule has 1 heterocycles. The summed E-state index contributed by atoms with van der Waals surface area (Å²) >= 11 is 0. The molecular formula is C21H23N3O6. The van der Waals surface area contributed by atoms with E-state index in [9.17, 15) is 19.7 Å². The monoisotopic (exact) mass is 413 g/mol. The molecule has 0 aromatic heterocycles. The lowest BCUT2D eigenvalue weighted by Gasteiger charge is -2.15. The van der Waals surface area contributed by atoms with Gasteiger partial charge in [0, 0.05) is 24.8 Å². The molecule has 3 rings (SSSR count). The third-order valence-electron chi connectivity index (χ3n) is 4.97. The van der Waals surface area contributed by atoms with Crippen molar-refractivity contribution in [2.75, 3.05) is 32.6 Å². The van der Waals surface area contributed by atoms with Crippen LogP contribution in [0, 0.1) is 10.1 Å². The molecule has 30 heavy (non-hydrogen) atoms. The van der Waals surface area contributed by atoms with E-state index in [1.807, 2.05) is 4.90 Å².